The van der Waals surface area contributed by atoms with Crippen LogP contribution in [0.1, 0.15) is 39.5 Å². The molecule has 0 aliphatic heterocycles. The topological polar surface area (TPSA) is 18.5 Å². The highest BCUT2D eigenvalue weighted by Crippen LogP contribution is 2.36. The van der Waals surface area contributed by atoms with Crippen LogP contribution in [0.3, 0.4) is 0 Å². The van der Waals surface area contributed by atoms with Crippen molar-refractivity contribution in [1.29, 1.82) is 0 Å². The van der Waals surface area contributed by atoms with Crippen LogP contribution in [0.2, 0.25) is 0 Å². The monoisotopic (exact) mass is 241 g/mol. The Balaban J connectivity index is 2.34. The van der Waals surface area contributed by atoms with Gasteiger partial charge in [0.25, 0.3) is 0 Å². The van der Waals surface area contributed by atoms with Crippen molar-refractivity contribution in [3.05, 3.63) is 0 Å². The van der Waals surface area contributed by atoms with E-state index >= 15 is 0 Å². The zero-order chi connectivity index (χ0) is 12.9. The molecule has 1 fully saturated rings. The molecule has 0 aromatic rings. The van der Waals surface area contributed by atoms with E-state index in [4.69, 9.17) is 0 Å². The first kappa shape index (κ1) is 14.9. The van der Waals surface area contributed by atoms with Crippen molar-refractivity contribution in [1.82, 2.24) is 15.1 Å². The molecule has 0 aromatic carbocycles. The number of hydrogen-bond acceptors (Lipinski definition) is 3. The van der Waals surface area contributed by atoms with E-state index < -0.39 is 0 Å². The molecule has 0 radical (unpaired) electrons. The molecule has 102 valence electrons. The van der Waals surface area contributed by atoms with Crippen LogP contribution in [0.15, 0.2) is 0 Å². The summed E-state index contributed by atoms with van der Waals surface area (Å²) in [5.41, 5.74) is 0.452. The summed E-state index contributed by atoms with van der Waals surface area (Å²) in [4.78, 5) is 4.95. The summed E-state index contributed by atoms with van der Waals surface area (Å²) < 4.78 is 0. The first-order valence-electron chi connectivity index (χ1n) is 7.10. The number of hydrogen-bond donors (Lipinski definition) is 1. The molecule has 1 aliphatic carbocycles. The first-order valence-corrected chi connectivity index (χ1v) is 7.10. The van der Waals surface area contributed by atoms with Crippen LogP contribution in [0.5, 0.6) is 0 Å². The lowest BCUT2D eigenvalue weighted by Crippen LogP contribution is -2.58. The van der Waals surface area contributed by atoms with Gasteiger partial charge in [-0.05, 0) is 60.3 Å². The van der Waals surface area contributed by atoms with E-state index in [-0.39, 0.29) is 0 Å². The molecule has 1 unspecified atom stereocenters. The van der Waals surface area contributed by atoms with Gasteiger partial charge in [0.1, 0.15) is 0 Å². The molecular weight excluding hydrogens is 210 g/mol. The standard InChI is InChI=1S/C14H31N3/c1-6-10-15-11-13(2)17(5)12-14(16(3)4)8-7-9-14/h13,15H,6-12H2,1-5H3. The van der Waals surface area contributed by atoms with Crippen molar-refractivity contribution in [3.63, 3.8) is 0 Å². The van der Waals surface area contributed by atoms with Gasteiger partial charge in [-0.25, -0.2) is 0 Å². The maximum Gasteiger partial charge on any atom is 0.0330 e. The van der Waals surface area contributed by atoms with Gasteiger partial charge in [0.2, 0.25) is 0 Å². The van der Waals surface area contributed by atoms with Crippen LogP contribution in [-0.2, 0) is 0 Å². The van der Waals surface area contributed by atoms with Crippen molar-refractivity contribution in [2.75, 3.05) is 40.8 Å². The summed E-state index contributed by atoms with van der Waals surface area (Å²) in [6.45, 7) is 7.99. The Kier molecular flexibility index (Phi) is 5.90. The van der Waals surface area contributed by atoms with Gasteiger partial charge in [-0.2, -0.15) is 0 Å². The zero-order valence-corrected chi connectivity index (χ0v) is 12.4. The van der Waals surface area contributed by atoms with E-state index in [1.807, 2.05) is 0 Å². The Morgan fingerprint density at radius 1 is 1.24 bits per heavy atom. The highest BCUT2D eigenvalue weighted by Gasteiger charge is 2.40. The molecule has 0 heterocycles. The largest absolute Gasteiger partial charge is 0.315 e. The number of nitrogens with one attached hydrogen (secondary N) is 1. The molecule has 3 nitrogen and oxygen atoms in total. The second-order valence-electron chi connectivity index (χ2n) is 5.94. The average molecular weight is 241 g/mol. The minimum absolute atomic E-state index is 0.452. The predicted molar refractivity (Wildman–Crippen MR) is 75.5 cm³/mol. The van der Waals surface area contributed by atoms with Crippen LogP contribution in [0, 0.1) is 0 Å². The molecule has 0 bridgehead atoms. The van der Waals surface area contributed by atoms with Crippen LogP contribution in [0.25, 0.3) is 0 Å². The Morgan fingerprint density at radius 2 is 1.88 bits per heavy atom. The molecule has 0 saturated heterocycles. The lowest BCUT2D eigenvalue weighted by atomic mass is 9.75. The third-order valence-corrected chi connectivity index (χ3v) is 4.40. The molecule has 1 N–H and O–H groups in total. The van der Waals surface area contributed by atoms with E-state index in [1.54, 1.807) is 0 Å². The molecule has 0 spiro atoms. The van der Waals surface area contributed by atoms with Gasteiger partial charge in [0, 0.05) is 24.7 Å². The minimum atomic E-state index is 0.452. The quantitative estimate of drug-likeness (QED) is 0.654. The van der Waals surface area contributed by atoms with E-state index in [2.05, 4.69) is 50.1 Å². The van der Waals surface area contributed by atoms with Gasteiger partial charge in [-0.3, -0.25) is 0 Å². The van der Waals surface area contributed by atoms with E-state index in [0.29, 0.717) is 11.6 Å². The molecule has 1 aliphatic rings. The van der Waals surface area contributed by atoms with Crippen LogP contribution < -0.4 is 5.32 Å². The minimum Gasteiger partial charge on any atom is -0.315 e. The first-order chi connectivity index (χ1) is 8.02. The third kappa shape index (κ3) is 3.94. The van der Waals surface area contributed by atoms with Crippen molar-refractivity contribution >= 4 is 0 Å². The lowest BCUT2D eigenvalue weighted by molar-refractivity contribution is 0.0183. The lowest BCUT2D eigenvalue weighted by Gasteiger charge is -2.50. The van der Waals surface area contributed by atoms with Crippen molar-refractivity contribution in [3.8, 4) is 0 Å². The maximum absolute atomic E-state index is 3.51. The SMILES string of the molecule is CCCNCC(C)N(C)CC1(N(C)C)CCC1. The van der Waals surface area contributed by atoms with Crippen LogP contribution in [0.4, 0.5) is 0 Å². The molecule has 1 saturated carbocycles. The van der Waals surface area contributed by atoms with Crippen molar-refractivity contribution < 1.29 is 0 Å². The fourth-order valence-electron chi connectivity index (χ4n) is 2.60. The maximum atomic E-state index is 3.51. The van der Waals surface area contributed by atoms with E-state index in [1.165, 1.54) is 32.2 Å². The highest BCUT2D eigenvalue weighted by atomic mass is 15.2. The second-order valence-corrected chi connectivity index (χ2v) is 5.94. The Hall–Kier alpha value is -0.120. The summed E-state index contributed by atoms with van der Waals surface area (Å²) in [5, 5.41) is 3.51. The Bertz CT molecular complexity index is 212. The smallest absolute Gasteiger partial charge is 0.0330 e. The van der Waals surface area contributed by atoms with Crippen LogP contribution in [-0.4, -0.2) is 62.2 Å². The fourth-order valence-corrected chi connectivity index (χ4v) is 2.60. The summed E-state index contributed by atoms with van der Waals surface area (Å²) in [6, 6.07) is 0.624. The number of nitrogens with zero attached hydrogens (tertiary/aromatic N) is 2. The molecule has 1 atom stereocenters. The van der Waals surface area contributed by atoms with E-state index in [0.717, 1.165) is 13.1 Å². The molecule has 1 rings (SSSR count). The summed E-state index contributed by atoms with van der Waals surface area (Å²) in [6.07, 6.45) is 5.34. The van der Waals surface area contributed by atoms with Gasteiger partial charge in [-0.1, -0.05) is 6.92 Å². The number of rotatable bonds is 8. The second kappa shape index (κ2) is 6.72. The Morgan fingerprint density at radius 3 is 2.29 bits per heavy atom. The van der Waals surface area contributed by atoms with Gasteiger partial charge in [-0.15, -0.1) is 0 Å². The molecule has 0 amide bonds. The zero-order valence-electron chi connectivity index (χ0n) is 12.4. The van der Waals surface area contributed by atoms with Crippen LogP contribution >= 0.6 is 0 Å². The van der Waals surface area contributed by atoms with Gasteiger partial charge in [0.15, 0.2) is 0 Å². The van der Waals surface area contributed by atoms with Gasteiger partial charge < -0.3 is 15.1 Å². The summed E-state index contributed by atoms with van der Waals surface area (Å²) in [7, 11) is 6.72. The highest BCUT2D eigenvalue weighted by molar-refractivity contribution is 4.98. The predicted octanol–water partition coefficient (Wildman–Crippen LogP) is 1.79. The number of likely N-dealkylation sites (N-methyl/N-ethyl adjacent to an activating group) is 2. The third-order valence-electron chi connectivity index (χ3n) is 4.40. The fraction of sp³-hybridized carbons (Fsp3) is 1.00. The van der Waals surface area contributed by atoms with Crippen molar-refractivity contribution in [2.45, 2.75) is 51.1 Å². The summed E-state index contributed by atoms with van der Waals surface area (Å²) in [5.74, 6) is 0. The Labute approximate surface area is 108 Å². The summed E-state index contributed by atoms with van der Waals surface area (Å²) >= 11 is 0. The average Bonchev–Trinajstić information content (AvgIpc) is 2.22. The van der Waals surface area contributed by atoms with Gasteiger partial charge >= 0.3 is 0 Å². The molecular formula is C14H31N3. The van der Waals surface area contributed by atoms with Gasteiger partial charge in [0.05, 0.1) is 0 Å². The molecule has 17 heavy (non-hydrogen) atoms. The molecule has 3 heteroatoms. The molecule has 0 aromatic heterocycles. The van der Waals surface area contributed by atoms with E-state index in [9.17, 15) is 0 Å². The normalized spacial score (nSPS) is 20.6. The van der Waals surface area contributed by atoms with Crippen molar-refractivity contribution in [2.24, 2.45) is 0 Å².